The minimum absolute atomic E-state index is 0.101. The smallest absolute Gasteiger partial charge is 0.191 e. The van der Waals surface area contributed by atoms with E-state index < -0.39 is 0 Å². The monoisotopic (exact) mass is 274 g/mol. The molecule has 1 atom stereocenters. The van der Waals surface area contributed by atoms with E-state index in [1.54, 1.807) is 0 Å². The third-order valence-electron chi connectivity index (χ3n) is 4.47. The summed E-state index contributed by atoms with van der Waals surface area (Å²) in [6.45, 7) is 6.71. The lowest BCUT2D eigenvalue weighted by Gasteiger charge is -2.23. The number of Topliss-reactive ketones (excluding diaryl/α,β-unsaturated/α-hetero) is 1. The summed E-state index contributed by atoms with van der Waals surface area (Å²) in [4.78, 5) is 12.4. The minimum Gasteiger partial charge on any atom is -0.370 e. The van der Waals surface area contributed by atoms with E-state index in [0.717, 1.165) is 17.7 Å². The summed E-state index contributed by atoms with van der Waals surface area (Å²) in [6, 6.07) is 5.89. The van der Waals surface area contributed by atoms with Gasteiger partial charge in [-0.3, -0.25) is 4.79 Å². The predicted octanol–water partition coefficient (Wildman–Crippen LogP) is 4.47. The summed E-state index contributed by atoms with van der Waals surface area (Å²) in [6.07, 6.45) is 6.16. The number of aryl methyl sites for hydroxylation is 2. The summed E-state index contributed by atoms with van der Waals surface area (Å²) < 4.78 is 5.82. The lowest BCUT2D eigenvalue weighted by Crippen LogP contribution is -2.25. The van der Waals surface area contributed by atoms with Crippen molar-refractivity contribution in [1.29, 1.82) is 0 Å². The van der Waals surface area contributed by atoms with E-state index in [2.05, 4.69) is 6.92 Å². The quantitative estimate of drug-likeness (QED) is 0.740. The standard InChI is InChI=1S/C18H26O2/c1-13-9-10-17(11-14(13)2)18(19)15(3)20-12-16-7-5-4-6-8-16/h9-11,15-16H,4-8,12H2,1-3H3. The molecule has 1 aliphatic carbocycles. The van der Waals surface area contributed by atoms with Crippen LogP contribution in [0.25, 0.3) is 0 Å². The highest BCUT2D eigenvalue weighted by molar-refractivity contribution is 5.99. The molecule has 110 valence electrons. The van der Waals surface area contributed by atoms with E-state index in [0.29, 0.717) is 5.92 Å². The Morgan fingerprint density at radius 1 is 1.20 bits per heavy atom. The Balaban J connectivity index is 1.89. The summed E-state index contributed by atoms with van der Waals surface area (Å²) in [7, 11) is 0. The number of ketones is 1. The number of hydrogen-bond acceptors (Lipinski definition) is 2. The molecule has 1 aromatic carbocycles. The molecule has 0 N–H and O–H groups in total. The molecule has 1 fully saturated rings. The van der Waals surface area contributed by atoms with E-state index in [4.69, 9.17) is 4.74 Å². The van der Waals surface area contributed by atoms with Gasteiger partial charge < -0.3 is 4.74 Å². The number of carbonyl (C=O) groups is 1. The van der Waals surface area contributed by atoms with Crippen LogP contribution in [0, 0.1) is 19.8 Å². The molecule has 1 unspecified atom stereocenters. The van der Waals surface area contributed by atoms with Crippen molar-refractivity contribution in [2.45, 2.75) is 59.0 Å². The first-order chi connectivity index (χ1) is 9.58. The molecule has 0 saturated heterocycles. The van der Waals surface area contributed by atoms with Crippen LogP contribution in [0.3, 0.4) is 0 Å². The molecule has 0 aromatic heterocycles. The number of carbonyl (C=O) groups excluding carboxylic acids is 1. The van der Waals surface area contributed by atoms with Gasteiger partial charge in [0, 0.05) is 5.56 Å². The van der Waals surface area contributed by atoms with Crippen molar-refractivity contribution in [2.75, 3.05) is 6.61 Å². The first kappa shape index (κ1) is 15.2. The summed E-state index contributed by atoms with van der Waals surface area (Å²) >= 11 is 0. The SMILES string of the molecule is Cc1ccc(C(=O)C(C)OCC2CCCCC2)cc1C. The van der Waals surface area contributed by atoms with Crippen molar-refractivity contribution < 1.29 is 9.53 Å². The van der Waals surface area contributed by atoms with Gasteiger partial charge in [0.2, 0.25) is 0 Å². The van der Waals surface area contributed by atoms with Crippen LogP contribution in [0.1, 0.15) is 60.5 Å². The maximum absolute atomic E-state index is 12.4. The topological polar surface area (TPSA) is 26.3 Å². The van der Waals surface area contributed by atoms with E-state index >= 15 is 0 Å². The van der Waals surface area contributed by atoms with Crippen LogP contribution in [-0.4, -0.2) is 18.5 Å². The highest BCUT2D eigenvalue weighted by atomic mass is 16.5. The third-order valence-corrected chi connectivity index (χ3v) is 4.47. The second kappa shape index (κ2) is 7.03. The summed E-state index contributed by atoms with van der Waals surface area (Å²) in [5.74, 6) is 0.752. The van der Waals surface area contributed by atoms with Crippen molar-refractivity contribution in [3.63, 3.8) is 0 Å². The van der Waals surface area contributed by atoms with E-state index in [9.17, 15) is 4.79 Å². The molecule has 0 heterocycles. The zero-order valence-corrected chi connectivity index (χ0v) is 12.9. The molecule has 0 radical (unpaired) electrons. The molecular formula is C18H26O2. The van der Waals surface area contributed by atoms with Gasteiger partial charge in [-0.15, -0.1) is 0 Å². The van der Waals surface area contributed by atoms with Crippen LogP contribution >= 0.6 is 0 Å². The van der Waals surface area contributed by atoms with Crippen LogP contribution in [-0.2, 0) is 4.74 Å². The molecule has 1 aromatic rings. The van der Waals surface area contributed by atoms with Crippen LogP contribution in [0.15, 0.2) is 18.2 Å². The van der Waals surface area contributed by atoms with Gasteiger partial charge in [0.1, 0.15) is 6.10 Å². The second-order valence-electron chi connectivity index (χ2n) is 6.14. The number of hydrogen-bond donors (Lipinski definition) is 0. The Morgan fingerprint density at radius 3 is 2.55 bits per heavy atom. The number of rotatable bonds is 5. The molecule has 0 aliphatic heterocycles. The average Bonchev–Trinajstić information content (AvgIpc) is 2.48. The minimum atomic E-state index is -0.334. The van der Waals surface area contributed by atoms with Crippen molar-refractivity contribution in [1.82, 2.24) is 0 Å². The average molecular weight is 274 g/mol. The van der Waals surface area contributed by atoms with Gasteiger partial charge >= 0.3 is 0 Å². The van der Waals surface area contributed by atoms with Gasteiger partial charge in [0.05, 0.1) is 6.61 Å². The molecule has 20 heavy (non-hydrogen) atoms. The van der Waals surface area contributed by atoms with Crippen molar-refractivity contribution in [3.8, 4) is 0 Å². The van der Waals surface area contributed by atoms with Crippen molar-refractivity contribution in [2.24, 2.45) is 5.92 Å². The predicted molar refractivity (Wildman–Crippen MR) is 82.2 cm³/mol. The van der Waals surface area contributed by atoms with Gasteiger partial charge in [-0.1, -0.05) is 31.4 Å². The lowest BCUT2D eigenvalue weighted by atomic mass is 9.90. The van der Waals surface area contributed by atoms with E-state index in [1.165, 1.54) is 37.7 Å². The second-order valence-corrected chi connectivity index (χ2v) is 6.14. The van der Waals surface area contributed by atoms with Gasteiger partial charge in [0.15, 0.2) is 5.78 Å². The molecule has 0 amide bonds. The molecule has 0 spiro atoms. The van der Waals surface area contributed by atoms with Gasteiger partial charge in [-0.05, 0) is 56.7 Å². The lowest BCUT2D eigenvalue weighted by molar-refractivity contribution is 0.0286. The maximum atomic E-state index is 12.4. The number of benzene rings is 1. The molecule has 1 aliphatic rings. The first-order valence-electron chi connectivity index (χ1n) is 7.81. The maximum Gasteiger partial charge on any atom is 0.191 e. The Morgan fingerprint density at radius 2 is 1.90 bits per heavy atom. The highest BCUT2D eigenvalue weighted by Crippen LogP contribution is 2.24. The van der Waals surface area contributed by atoms with E-state index in [-0.39, 0.29) is 11.9 Å². The van der Waals surface area contributed by atoms with Crippen LogP contribution < -0.4 is 0 Å². The largest absolute Gasteiger partial charge is 0.370 e. The Hall–Kier alpha value is -1.15. The highest BCUT2D eigenvalue weighted by Gasteiger charge is 2.19. The Bertz CT molecular complexity index is 458. The number of ether oxygens (including phenoxy) is 1. The fraction of sp³-hybridized carbons (Fsp3) is 0.611. The Labute approximate surface area is 122 Å². The van der Waals surface area contributed by atoms with Crippen molar-refractivity contribution in [3.05, 3.63) is 34.9 Å². The van der Waals surface area contributed by atoms with Crippen LogP contribution in [0.4, 0.5) is 0 Å². The molecular weight excluding hydrogens is 248 g/mol. The van der Waals surface area contributed by atoms with Gasteiger partial charge in [-0.25, -0.2) is 0 Å². The summed E-state index contributed by atoms with van der Waals surface area (Å²) in [5.41, 5.74) is 3.15. The normalized spacial score (nSPS) is 17.9. The van der Waals surface area contributed by atoms with Gasteiger partial charge in [0.25, 0.3) is 0 Å². The molecule has 1 saturated carbocycles. The Kier molecular flexibility index (Phi) is 5.36. The van der Waals surface area contributed by atoms with Gasteiger partial charge in [-0.2, -0.15) is 0 Å². The van der Waals surface area contributed by atoms with E-state index in [1.807, 2.05) is 32.0 Å². The third kappa shape index (κ3) is 3.92. The fourth-order valence-electron chi connectivity index (χ4n) is 2.84. The molecule has 2 rings (SSSR count). The molecule has 2 heteroatoms. The first-order valence-corrected chi connectivity index (χ1v) is 7.81. The van der Waals surface area contributed by atoms with Crippen LogP contribution in [0.5, 0.6) is 0 Å². The molecule has 2 nitrogen and oxygen atoms in total. The van der Waals surface area contributed by atoms with Crippen LogP contribution in [0.2, 0.25) is 0 Å². The van der Waals surface area contributed by atoms with Crippen molar-refractivity contribution >= 4 is 5.78 Å². The zero-order valence-electron chi connectivity index (χ0n) is 12.9. The fourth-order valence-corrected chi connectivity index (χ4v) is 2.84. The molecule has 0 bridgehead atoms. The summed E-state index contributed by atoms with van der Waals surface area (Å²) in [5, 5.41) is 0. The zero-order chi connectivity index (χ0) is 14.5.